The molecular formula is C29H31N3O6S. The van der Waals surface area contributed by atoms with Gasteiger partial charge in [0.25, 0.3) is 11.8 Å². The number of likely N-dealkylation sites (tertiary alicyclic amines) is 1. The minimum atomic E-state index is -4.04. The number of carbonyl (C=O) groups excluding carboxylic acids is 2. The third-order valence-electron chi connectivity index (χ3n) is 7.48. The van der Waals surface area contributed by atoms with E-state index >= 15 is 0 Å². The van der Waals surface area contributed by atoms with Gasteiger partial charge in [-0.2, -0.15) is 4.31 Å². The van der Waals surface area contributed by atoms with Gasteiger partial charge in [0.15, 0.2) is 0 Å². The van der Waals surface area contributed by atoms with Gasteiger partial charge < -0.3 is 9.47 Å². The standard InChI is InChI=1S/C29H31N3O6S/c1-30-18-22(15-21(30)19-31-28(33)24-11-7-8-12-25(24)29(31)34)32(17-20-9-5-4-6-10-20)39(35,36)27-16-23(37-2)13-14-26(27)38-3/h4-14,16,21-22H,15,17-19H2,1-3H3/t21-,22-/m1/s1. The van der Waals surface area contributed by atoms with Gasteiger partial charge in [-0.1, -0.05) is 42.5 Å². The summed E-state index contributed by atoms with van der Waals surface area (Å²) in [7, 11) is 0.764. The molecule has 1 fully saturated rings. The molecule has 0 unspecified atom stereocenters. The number of sulfonamides is 1. The third-order valence-corrected chi connectivity index (χ3v) is 9.40. The number of ether oxygens (including phenoxy) is 2. The molecule has 2 atom stereocenters. The Morgan fingerprint density at radius 3 is 2.15 bits per heavy atom. The van der Waals surface area contributed by atoms with E-state index in [9.17, 15) is 18.0 Å². The van der Waals surface area contributed by atoms with E-state index < -0.39 is 16.1 Å². The molecule has 204 valence electrons. The molecule has 0 bridgehead atoms. The van der Waals surface area contributed by atoms with Crippen LogP contribution in [-0.4, -0.2) is 80.8 Å². The molecule has 3 aromatic carbocycles. The lowest BCUT2D eigenvalue weighted by molar-refractivity contribution is 0.0618. The van der Waals surface area contributed by atoms with Gasteiger partial charge in [0, 0.05) is 37.8 Å². The molecule has 0 aliphatic carbocycles. The number of rotatable bonds is 9. The van der Waals surface area contributed by atoms with Crippen LogP contribution in [-0.2, 0) is 16.6 Å². The Morgan fingerprint density at radius 1 is 0.897 bits per heavy atom. The highest BCUT2D eigenvalue weighted by atomic mass is 32.2. The molecule has 2 aliphatic heterocycles. The van der Waals surface area contributed by atoms with Gasteiger partial charge in [0.2, 0.25) is 10.0 Å². The van der Waals surface area contributed by atoms with Crippen molar-refractivity contribution in [3.05, 3.63) is 89.5 Å². The maximum atomic E-state index is 14.2. The van der Waals surface area contributed by atoms with Crippen molar-refractivity contribution >= 4 is 21.8 Å². The minimum absolute atomic E-state index is 0.0201. The fraction of sp³-hybridized carbons (Fsp3) is 0.310. The molecule has 39 heavy (non-hydrogen) atoms. The summed E-state index contributed by atoms with van der Waals surface area (Å²) in [6.45, 7) is 0.773. The van der Waals surface area contributed by atoms with Crippen LogP contribution in [0.2, 0.25) is 0 Å². The Hall–Kier alpha value is -3.73. The summed E-state index contributed by atoms with van der Waals surface area (Å²) in [5.74, 6) is -0.00600. The highest BCUT2D eigenvalue weighted by molar-refractivity contribution is 7.89. The number of methoxy groups -OCH3 is 2. The number of carbonyl (C=O) groups is 2. The third kappa shape index (κ3) is 5.03. The number of nitrogens with zero attached hydrogens (tertiary/aromatic N) is 3. The van der Waals surface area contributed by atoms with Gasteiger partial charge in [-0.3, -0.25) is 19.4 Å². The first-order valence-corrected chi connectivity index (χ1v) is 14.1. The molecule has 2 amide bonds. The van der Waals surface area contributed by atoms with Crippen LogP contribution in [0.15, 0.2) is 77.7 Å². The molecule has 3 aromatic rings. The molecule has 0 spiro atoms. The molecule has 9 nitrogen and oxygen atoms in total. The lowest BCUT2D eigenvalue weighted by atomic mass is 10.1. The van der Waals surface area contributed by atoms with E-state index in [4.69, 9.17) is 9.47 Å². The second-order valence-corrected chi connectivity index (χ2v) is 11.7. The van der Waals surface area contributed by atoms with Crippen molar-refractivity contribution < 1.29 is 27.5 Å². The highest BCUT2D eigenvalue weighted by Crippen LogP contribution is 2.35. The number of imide groups is 1. The average molecular weight is 550 g/mol. The van der Waals surface area contributed by atoms with Crippen LogP contribution in [0.4, 0.5) is 0 Å². The Labute approximate surface area is 228 Å². The van der Waals surface area contributed by atoms with Crippen molar-refractivity contribution in [3.8, 4) is 11.5 Å². The molecule has 10 heteroatoms. The largest absolute Gasteiger partial charge is 0.497 e. The van der Waals surface area contributed by atoms with E-state index in [0.717, 1.165) is 5.56 Å². The van der Waals surface area contributed by atoms with Crippen LogP contribution < -0.4 is 9.47 Å². The Kier molecular flexibility index (Phi) is 7.44. The number of benzene rings is 3. The molecule has 5 rings (SSSR count). The number of fused-ring (bicyclic) bond motifs is 1. The Balaban J connectivity index is 1.45. The van der Waals surface area contributed by atoms with Crippen LogP contribution >= 0.6 is 0 Å². The first kappa shape index (κ1) is 26.9. The van der Waals surface area contributed by atoms with E-state index in [1.807, 2.05) is 42.3 Å². The zero-order valence-electron chi connectivity index (χ0n) is 22.1. The van der Waals surface area contributed by atoms with Gasteiger partial charge in [0.05, 0.1) is 25.3 Å². The molecule has 2 aliphatic rings. The fourth-order valence-electron chi connectivity index (χ4n) is 5.37. The zero-order valence-corrected chi connectivity index (χ0v) is 22.9. The molecule has 0 radical (unpaired) electrons. The summed E-state index contributed by atoms with van der Waals surface area (Å²) in [5.41, 5.74) is 1.64. The maximum absolute atomic E-state index is 14.2. The van der Waals surface area contributed by atoms with Crippen LogP contribution in [0.1, 0.15) is 32.7 Å². The van der Waals surface area contributed by atoms with E-state index in [-0.39, 0.29) is 41.6 Å². The van der Waals surface area contributed by atoms with Crippen LogP contribution in [0.25, 0.3) is 0 Å². The predicted molar refractivity (Wildman–Crippen MR) is 145 cm³/mol. The highest BCUT2D eigenvalue weighted by Gasteiger charge is 2.43. The first-order valence-electron chi connectivity index (χ1n) is 12.7. The molecule has 2 heterocycles. The molecule has 0 aromatic heterocycles. The van der Waals surface area contributed by atoms with Gasteiger partial charge in [0.1, 0.15) is 16.4 Å². The van der Waals surface area contributed by atoms with Crippen molar-refractivity contribution in [1.82, 2.24) is 14.1 Å². The van der Waals surface area contributed by atoms with E-state index in [0.29, 0.717) is 29.8 Å². The quantitative estimate of drug-likeness (QED) is 0.378. The van der Waals surface area contributed by atoms with Gasteiger partial charge >= 0.3 is 0 Å². The van der Waals surface area contributed by atoms with Crippen LogP contribution in [0.5, 0.6) is 11.5 Å². The van der Waals surface area contributed by atoms with Gasteiger partial charge in [-0.25, -0.2) is 8.42 Å². The molecular weight excluding hydrogens is 518 g/mol. The van der Waals surface area contributed by atoms with Crippen LogP contribution in [0, 0.1) is 0 Å². The lowest BCUT2D eigenvalue weighted by Gasteiger charge is -2.29. The fourth-order valence-corrected chi connectivity index (χ4v) is 7.16. The molecule has 0 N–H and O–H groups in total. The topological polar surface area (TPSA) is 96.5 Å². The summed E-state index contributed by atoms with van der Waals surface area (Å²) < 4.78 is 40.7. The summed E-state index contributed by atoms with van der Waals surface area (Å²) in [6, 6.07) is 20.3. The SMILES string of the molecule is COc1ccc(OC)c(S(=O)(=O)N(Cc2ccccc2)[C@@H]2C[C@H](CN3C(=O)c4ccccc4C3=O)N(C)C2)c1. The van der Waals surface area contributed by atoms with E-state index in [2.05, 4.69) is 0 Å². The zero-order chi connectivity index (χ0) is 27.7. The second-order valence-electron chi connectivity index (χ2n) is 9.80. The van der Waals surface area contributed by atoms with Gasteiger partial charge in [-0.15, -0.1) is 0 Å². The van der Waals surface area contributed by atoms with Crippen molar-refractivity contribution in [2.75, 3.05) is 34.4 Å². The van der Waals surface area contributed by atoms with Crippen LogP contribution in [0.3, 0.4) is 0 Å². The van der Waals surface area contributed by atoms with Crippen molar-refractivity contribution in [3.63, 3.8) is 0 Å². The minimum Gasteiger partial charge on any atom is -0.497 e. The first-order chi connectivity index (χ1) is 18.7. The lowest BCUT2D eigenvalue weighted by Crippen LogP contribution is -2.41. The number of hydrogen-bond acceptors (Lipinski definition) is 7. The van der Waals surface area contributed by atoms with Crippen molar-refractivity contribution in [1.29, 1.82) is 0 Å². The van der Waals surface area contributed by atoms with Crippen molar-refractivity contribution in [2.24, 2.45) is 0 Å². The summed E-state index contributed by atoms with van der Waals surface area (Å²) in [5, 5.41) is 0. The number of likely N-dealkylation sites (N-methyl/N-ethyl adjacent to an activating group) is 1. The number of hydrogen-bond donors (Lipinski definition) is 0. The predicted octanol–water partition coefficient (Wildman–Crippen LogP) is 3.26. The monoisotopic (exact) mass is 549 g/mol. The van der Waals surface area contributed by atoms with E-state index in [1.54, 1.807) is 36.4 Å². The summed E-state index contributed by atoms with van der Waals surface area (Å²) >= 11 is 0. The summed E-state index contributed by atoms with van der Waals surface area (Å²) in [4.78, 5) is 29.3. The molecule has 0 saturated carbocycles. The normalized spacial score (nSPS) is 19.5. The maximum Gasteiger partial charge on any atom is 0.261 e. The van der Waals surface area contributed by atoms with E-state index in [1.165, 1.54) is 29.5 Å². The summed E-state index contributed by atoms with van der Waals surface area (Å²) in [6.07, 6.45) is 0.447. The Morgan fingerprint density at radius 2 is 1.54 bits per heavy atom. The smallest absolute Gasteiger partial charge is 0.261 e. The average Bonchev–Trinajstić information content (AvgIpc) is 3.43. The molecule has 1 saturated heterocycles. The van der Waals surface area contributed by atoms with Crippen molar-refractivity contribution in [2.45, 2.75) is 29.9 Å². The number of amides is 2. The Bertz CT molecular complexity index is 1460. The second kappa shape index (κ2) is 10.8. The van der Waals surface area contributed by atoms with Gasteiger partial charge in [-0.05, 0) is 43.3 Å².